The lowest BCUT2D eigenvalue weighted by atomic mass is 10.3. The minimum atomic E-state index is -0.438. The molecular formula is C12H14FN3O2S. The van der Waals surface area contributed by atoms with Gasteiger partial charge < -0.3 is 10.1 Å². The molecule has 3 N–H and O–H groups in total. The van der Waals surface area contributed by atoms with Crippen molar-refractivity contribution in [1.29, 1.82) is 0 Å². The first-order valence-corrected chi connectivity index (χ1v) is 5.84. The van der Waals surface area contributed by atoms with E-state index in [2.05, 4.69) is 22.7 Å². The lowest BCUT2D eigenvalue weighted by Gasteiger charge is -2.10. The van der Waals surface area contributed by atoms with Crippen LogP contribution in [0.4, 0.5) is 4.39 Å². The molecule has 0 saturated carbocycles. The van der Waals surface area contributed by atoms with Gasteiger partial charge in [0.05, 0.1) is 0 Å². The molecule has 0 radical (unpaired) electrons. The highest BCUT2D eigenvalue weighted by Gasteiger charge is 2.03. The molecule has 0 spiro atoms. The van der Waals surface area contributed by atoms with Crippen molar-refractivity contribution in [2.45, 2.75) is 0 Å². The van der Waals surface area contributed by atoms with Crippen LogP contribution in [0.1, 0.15) is 0 Å². The molecule has 0 aliphatic rings. The molecule has 19 heavy (non-hydrogen) atoms. The summed E-state index contributed by atoms with van der Waals surface area (Å²) in [6.07, 6.45) is 1.63. The van der Waals surface area contributed by atoms with E-state index in [1.807, 2.05) is 0 Å². The summed E-state index contributed by atoms with van der Waals surface area (Å²) in [4.78, 5) is 11.4. The van der Waals surface area contributed by atoms with Crippen molar-refractivity contribution in [3.63, 3.8) is 0 Å². The van der Waals surface area contributed by atoms with E-state index in [4.69, 9.17) is 17.0 Å². The highest BCUT2D eigenvalue weighted by atomic mass is 32.1. The third-order valence-electron chi connectivity index (χ3n) is 1.89. The fraction of sp³-hybridized carbons (Fsp3) is 0.167. The van der Waals surface area contributed by atoms with E-state index in [-0.39, 0.29) is 17.5 Å². The summed E-state index contributed by atoms with van der Waals surface area (Å²) in [6.45, 7) is 3.75. The molecule has 7 heteroatoms. The predicted molar refractivity (Wildman–Crippen MR) is 74.0 cm³/mol. The van der Waals surface area contributed by atoms with E-state index in [1.165, 1.54) is 18.2 Å². The average Bonchev–Trinajstić information content (AvgIpc) is 2.40. The second-order valence-electron chi connectivity index (χ2n) is 3.42. The molecule has 0 fully saturated rings. The third kappa shape index (κ3) is 6.37. The number of rotatable bonds is 5. The van der Waals surface area contributed by atoms with Crippen molar-refractivity contribution in [3.05, 3.63) is 42.7 Å². The molecular weight excluding hydrogens is 269 g/mol. The van der Waals surface area contributed by atoms with Gasteiger partial charge in [-0.3, -0.25) is 15.6 Å². The molecule has 5 nitrogen and oxygen atoms in total. The molecule has 0 aliphatic heterocycles. The molecule has 0 atom stereocenters. The van der Waals surface area contributed by atoms with E-state index >= 15 is 0 Å². The van der Waals surface area contributed by atoms with Gasteiger partial charge in [-0.2, -0.15) is 0 Å². The van der Waals surface area contributed by atoms with Crippen molar-refractivity contribution in [3.8, 4) is 5.75 Å². The molecule has 0 aromatic heterocycles. The Labute approximate surface area is 115 Å². The van der Waals surface area contributed by atoms with E-state index in [1.54, 1.807) is 12.1 Å². The van der Waals surface area contributed by atoms with E-state index in [9.17, 15) is 9.18 Å². The Bertz CT molecular complexity index is 468. The first kappa shape index (κ1) is 14.9. The normalized spacial score (nSPS) is 9.32. The maximum Gasteiger partial charge on any atom is 0.276 e. The van der Waals surface area contributed by atoms with Gasteiger partial charge >= 0.3 is 0 Å². The van der Waals surface area contributed by atoms with Crippen LogP contribution in [0.15, 0.2) is 36.9 Å². The third-order valence-corrected chi connectivity index (χ3v) is 2.13. The Kier molecular flexibility index (Phi) is 6.31. The summed E-state index contributed by atoms with van der Waals surface area (Å²) < 4.78 is 17.9. The number of thiocarbonyl (C=S) groups is 1. The van der Waals surface area contributed by atoms with Crippen molar-refractivity contribution in [2.75, 3.05) is 13.2 Å². The van der Waals surface area contributed by atoms with Crippen molar-refractivity contribution in [2.24, 2.45) is 0 Å². The van der Waals surface area contributed by atoms with Crippen LogP contribution >= 0.6 is 12.2 Å². The van der Waals surface area contributed by atoms with Crippen LogP contribution in [0.2, 0.25) is 0 Å². The van der Waals surface area contributed by atoms with E-state index < -0.39 is 11.7 Å². The number of carbonyl (C=O) groups is 1. The molecule has 0 heterocycles. The number of ether oxygens (including phenoxy) is 1. The summed E-state index contributed by atoms with van der Waals surface area (Å²) in [5.74, 6) is -0.583. The second-order valence-corrected chi connectivity index (χ2v) is 3.83. The monoisotopic (exact) mass is 283 g/mol. The maximum absolute atomic E-state index is 12.8. The van der Waals surface area contributed by atoms with Crippen LogP contribution in [-0.4, -0.2) is 24.2 Å². The topological polar surface area (TPSA) is 62.4 Å². The number of hydrogen-bond acceptors (Lipinski definition) is 3. The molecule has 1 rings (SSSR count). The minimum absolute atomic E-state index is 0.249. The van der Waals surface area contributed by atoms with E-state index in [0.717, 1.165) is 0 Å². The summed E-state index contributed by atoms with van der Waals surface area (Å²) in [5, 5.41) is 3.03. The van der Waals surface area contributed by atoms with Crippen molar-refractivity contribution < 1.29 is 13.9 Å². The number of hydrazine groups is 1. The van der Waals surface area contributed by atoms with Crippen molar-refractivity contribution >= 4 is 23.2 Å². The molecule has 1 aromatic rings. The Hall–Kier alpha value is -2.15. The zero-order valence-corrected chi connectivity index (χ0v) is 10.9. The number of halogens is 1. The summed E-state index contributed by atoms with van der Waals surface area (Å²) >= 11 is 4.86. The quantitative estimate of drug-likeness (QED) is 0.425. The largest absolute Gasteiger partial charge is 0.484 e. The van der Waals surface area contributed by atoms with Gasteiger partial charge in [0.2, 0.25) is 0 Å². The molecule has 0 bridgehead atoms. The standard InChI is InChI=1S/C12H14FN3O2S/c1-2-6-14-12(19)16-15-11(17)8-18-10-5-3-4-9(13)7-10/h2-5,7H,1,6,8H2,(H,15,17)(H2,14,16,19). The summed E-state index contributed by atoms with van der Waals surface area (Å²) in [7, 11) is 0. The number of benzene rings is 1. The highest BCUT2D eigenvalue weighted by molar-refractivity contribution is 7.80. The molecule has 0 saturated heterocycles. The molecule has 0 unspecified atom stereocenters. The number of carbonyl (C=O) groups excluding carboxylic acids is 1. The molecule has 0 aliphatic carbocycles. The van der Waals surface area contributed by atoms with Gasteiger partial charge in [0.1, 0.15) is 11.6 Å². The Balaban J connectivity index is 2.24. The Morgan fingerprint density at radius 2 is 2.26 bits per heavy atom. The SMILES string of the molecule is C=CCNC(=S)NNC(=O)COc1cccc(F)c1. The first-order valence-electron chi connectivity index (χ1n) is 5.44. The Morgan fingerprint density at radius 1 is 1.47 bits per heavy atom. The molecule has 102 valence electrons. The molecule has 1 aromatic carbocycles. The van der Waals surface area contributed by atoms with Gasteiger partial charge in [-0.15, -0.1) is 6.58 Å². The summed E-state index contributed by atoms with van der Waals surface area (Å²) in [5.41, 5.74) is 4.81. The summed E-state index contributed by atoms with van der Waals surface area (Å²) in [6, 6.07) is 5.53. The number of hydrogen-bond donors (Lipinski definition) is 3. The van der Waals surface area contributed by atoms with Crippen LogP contribution in [0.3, 0.4) is 0 Å². The predicted octanol–water partition coefficient (Wildman–Crippen LogP) is 0.886. The van der Waals surface area contributed by atoms with Gasteiger partial charge in [0.25, 0.3) is 5.91 Å². The zero-order chi connectivity index (χ0) is 14.1. The average molecular weight is 283 g/mol. The van der Waals surface area contributed by atoms with Gasteiger partial charge in [0, 0.05) is 12.6 Å². The maximum atomic E-state index is 12.8. The smallest absolute Gasteiger partial charge is 0.276 e. The molecule has 1 amide bonds. The van der Waals surface area contributed by atoms with Crippen molar-refractivity contribution in [1.82, 2.24) is 16.2 Å². The minimum Gasteiger partial charge on any atom is -0.484 e. The number of nitrogens with one attached hydrogen (secondary N) is 3. The lowest BCUT2D eigenvalue weighted by Crippen LogP contribution is -2.48. The van der Waals surface area contributed by atoms with Gasteiger partial charge in [-0.25, -0.2) is 4.39 Å². The lowest BCUT2D eigenvalue weighted by molar-refractivity contribution is -0.123. The van der Waals surface area contributed by atoms with Crippen LogP contribution in [0.25, 0.3) is 0 Å². The fourth-order valence-corrected chi connectivity index (χ4v) is 1.21. The second kappa shape index (κ2) is 8.04. The van der Waals surface area contributed by atoms with Crippen LogP contribution in [0, 0.1) is 5.82 Å². The van der Waals surface area contributed by atoms with Crippen LogP contribution in [-0.2, 0) is 4.79 Å². The van der Waals surface area contributed by atoms with E-state index in [0.29, 0.717) is 6.54 Å². The fourth-order valence-electron chi connectivity index (χ4n) is 1.08. The number of amides is 1. The van der Waals surface area contributed by atoms with Gasteiger partial charge in [0.15, 0.2) is 11.7 Å². The highest BCUT2D eigenvalue weighted by Crippen LogP contribution is 2.11. The van der Waals surface area contributed by atoms with Gasteiger partial charge in [-0.1, -0.05) is 12.1 Å². The van der Waals surface area contributed by atoms with Crippen LogP contribution < -0.4 is 20.9 Å². The Morgan fingerprint density at radius 3 is 2.95 bits per heavy atom. The van der Waals surface area contributed by atoms with Gasteiger partial charge in [-0.05, 0) is 24.4 Å². The first-order chi connectivity index (χ1) is 9.11. The zero-order valence-electron chi connectivity index (χ0n) is 10.1. The van der Waals surface area contributed by atoms with Crippen LogP contribution in [0.5, 0.6) is 5.75 Å².